The topological polar surface area (TPSA) is 109 Å². The number of aromatic nitrogens is 1. The highest BCUT2D eigenvalue weighted by molar-refractivity contribution is 7.99. The van der Waals surface area contributed by atoms with E-state index in [1.165, 1.54) is 28.8 Å². The zero-order valence-electron chi connectivity index (χ0n) is 21.8. The average Bonchev–Trinajstić information content (AvgIpc) is 2.88. The van der Waals surface area contributed by atoms with Crippen LogP contribution >= 0.6 is 11.8 Å². The summed E-state index contributed by atoms with van der Waals surface area (Å²) in [5.41, 5.74) is 2.61. The minimum atomic E-state index is -0.787. The summed E-state index contributed by atoms with van der Waals surface area (Å²) >= 11 is 1.30. The molecule has 0 aliphatic heterocycles. The fourth-order valence-electron chi connectivity index (χ4n) is 3.50. The van der Waals surface area contributed by atoms with Crippen LogP contribution in [-0.4, -0.2) is 57.7 Å². The van der Waals surface area contributed by atoms with E-state index in [-0.39, 0.29) is 37.1 Å². The second-order valence-corrected chi connectivity index (χ2v) is 9.13. The number of aromatic hydroxyl groups is 1. The van der Waals surface area contributed by atoms with Crippen molar-refractivity contribution in [3.05, 3.63) is 71.4 Å². The van der Waals surface area contributed by atoms with E-state index in [2.05, 4.69) is 10.3 Å². The first kappa shape index (κ1) is 29.6. The summed E-state index contributed by atoms with van der Waals surface area (Å²) in [4.78, 5) is 44.2. The van der Waals surface area contributed by atoms with Gasteiger partial charge in [0.2, 0.25) is 11.8 Å². The maximum absolute atomic E-state index is 13.4. The smallest absolute Gasteiger partial charge is 0.325 e. The number of pyridine rings is 1. The van der Waals surface area contributed by atoms with E-state index in [0.29, 0.717) is 11.4 Å². The normalized spacial score (nSPS) is 12.0. The molecule has 1 heterocycles. The van der Waals surface area contributed by atoms with Crippen LogP contribution in [0, 0.1) is 6.92 Å². The van der Waals surface area contributed by atoms with Gasteiger partial charge in [0.15, 0.2) is 0 Å². The number of benzene rings is 1. The Labute approximate surface area is 222 Å². The fraction of sp³-hybridized carbons (Fsp3) is 0.357. The van der Waals surface area contributed by atoms with Gasteiger partial charge in [-0.15, -0.1) is 0 Å². The van der Waals surface area contributed by atoms with Crippen LogP contribution in [0.1, 0.15) is 44.0 Å². The van der Waals surface area contributed by atoms with Crippen molar-refractivity contribution in [2.75, 3.05) is 18.9 Å². The molecule has 0 spiro atoms. The second kappa shape index (κ2) is 15.5. The number of carbonyl (C=O) groups is 3. The van der Waals surface area contributed by atoms with Crippen molar-refractivity contribution in [3.8, 4) is 5.75 Å². The molecule has 0 radical (unpaired) electrons. The molecule has 9 heteroatoms. The molecule has 1 aromatic heterocycles. The van der Waals surface area contributed by atoms with E-state index in [0.717, 1.165) is 16.8 Å². The van der Waals surface area contributed by atoms with Gasteiger partial charge in [0, 0.05) is 12.2 Å². The average molecular weight is 526 g/mol. The van der Waals surface area contributed by atoms with Gasteiger partial charge >= 0.3 is 5.97 Å². The van der Waals surface area contributed by atoms with Gasteiger partial charge in [0.05, 0.1) is 17.4 Å². The summed E-state index contributed by atoms with van der Waals surface area (Å²) in [5, 5.41) is 12.9. The molecule has 0 aliphatic carbocycles. The van der Waals surface area contributed by atoms with Crippen molar-refractivity contribution in [2.24, 2.45) is 0 Å². The Morgan fingerprint density at radius 1 is 1.14 bits per heavy atom. The molecule has 1 atom stereocenters. The van der Waals surface area contributed by atoms with Gasteiger partial charge in [0.1, 0.15) is 18.3 Å². The molecule has 37 heavy (non-hydrogen) atoms. The summed E-state index contributed by atoms with van der Waals surface area (Å²) in [6.07, 6.45) is 8.16. The monoisotopic (exact) mass is 525 g/mol. The highest BCUT2D eigenvalue weighted by atomic mass is 32.2. The largest absolute Gasteiger partial charge is 0.508 e. The molecule has 0 fully saturated rings. The van der Waals surface area contributed by atoms with E-state index >= 15 is 0 Å². The van der Waals surface area contributed by atoms with E-state index in [9.17, 15) is 19.5 Å². The predicted molar refractivity (Wildman–Crippen MR) is 146 cm³/mol. The third-order valence-electron chi connectivity index (χ3n) is 5.41. The number of hydrogen-bond donors (Lipinski definition) is 2. The molecule has 2 aromatic rings. The van der Waals surface area contributed by atoms with E-state index in [1.54, 1.807) is 19.1 Å². The number of nitrogens with zero attached hydrogens (tertiary/aromatic N) is 2. The number of aryl methyl sites for hydroxylation is 1. The van der Waals surface area contributed by atoms with Crippen LogP contribution in [0.15, 0.2) is 59.7 Å². The number of phenols is 1. The van der Waals surface area contributed by atoms with Gasteiger partial charge in [-0.1, -0.05) is 61.2 Å². The number of ether oxygens (including phenoxy) is 1. The number of phenolic OH excluding ortho intramolecular Hbond substituents is 1. The van der Waals surface area contributed by atoms with Crippen molar-refractivity contribution >= 4 is 35.6 Å². The van der Waals surface area contributed by atoms with Gasteiger partial charge in [0.25, 0.3) is 0 Å². The molecule has 1 unspecified atom stereocenters. The lowest BCUT2D eigenvalue weighted by Crippen LogP contribution is -2.50. The summed E-state index contributed by atoms with van der Waals surface area (Å²) in [6.45, 7) is 7.49. The van der Waals surface area contributed by atoms with Crippen molar-refractivity contribution in [3.63, 3.8) is 0 Å². The van der Waals surface area contributed by atoms with Crippen LogP contribution in [-0.2, 0) is 25.7 Å². The Kier molecular flexibility index (Phi) is 12.4. The Hall–Kier alpha value is -3.59. The molecule has 8 nitrogen and oxygen atoms in total. The molecular formula is C28H35N3O5S. The molecule has 198 valence electrons. The van der Waals surface area contributed by atoms with Crippen molar-refractivity contribution in [2.45, 2.75) is 51.7 Å². The fourth-order valence-corrected chi connectivity index (χ4v) is 4.30. The first-order chi connectivity index (χ1) is 17.8. The first-order valence-electron chi connectivity index (χ1n) is 12.2. The summed E-state index contributed by atoms with van der Waals surface area (Å²) in [6, 6.07) is 9.52. The van der Waals surface area contributed by atoms with Gasteiger partial charge in [-0.3, -0.25) is 14.4 Å². The standard InChI is InChI=1S/C28H35N3O5S/c1-5-8-9-10-22-13-16-25(30-20(22)4)37-19-26(33)31(18-21-11-14-23(32)15-12-21)24(6-2)28(35)29-17-27(34)36-7-3/h5,8-16,24,32H,6-7,17-19H2,1-4H3,(H,29,35)/b8-5+,10-9-. The Morgan fingerprint density at radius 3 is 2.49 bits per heavy atom. The molecular weight excluding hydrogens is 490 g/mol. The molecule has 0 bridgehead atoms. The summed E-state index contributed by atoms with van der Waals surface area (Å²) in [7, 11) is 0. The number of rotatable bonds is 13. The van der Waals surface area contributed by atoms with Gasteiger partial charge in [-0.25, -0.2) is 4.98 Å². The maximum Gasteiger partial charge on any atom is 0.325 e. The van der Waals surface area contributed by atoms with Crippen LogP contribution in [0.5, 0.6) is 5.75 Å². The van der Waals surface area contributed by atoms with Crippen LogP contribution < -0.4 is 5.32 Å². The van der Waals surface area contributed by atoms with E-state index in [1.807, 2.05) is 57.2 Å². The minimum absolute atomic E-state index is 0.0833. The van der Waals surface area contributed by atoms with Gasteiger partial charge in [-0.05, 0) is 56.5 Å². The molecule has 0 saturated carbocycles. The lowest BCUT2D eigenvalue weighted by atomic mass is 10.1. The zero-order chi connectivity index (χ0) is 27.2. The Morgan fingerprint density at radius 2 is 1.86 bits per heavy atom. The van der Waals surface area contributed by atoms with Gasteiger partial charge < -0.3 is 20.1 Å². The lowest BCUT2D eigenvalue weighted by molar-refractivity contribution is -0.145. The molecule has 0 saturated heterocycles. The number of hydrogen-bond acceptors (Lipinski definition) is 7. The lowest BCUT2D eigenvalue weighted by Gasteiger charge is -2.30. The number of nitrogens with one attached hydrogen (secondary N) is 1. The van der Waals surface area contributed by atoms with E-state index in [4.69, 9.17) is 4.74 Å². The summed E-state index contributed by atoms with van der Waals surface area (Å²) < 4.78 is 4.88. The number of thioether (sulfide) groups is 1. The quantitative estimate of drug-likeness (QED) is 0.228. The predicted octanol–water partition coefficient (Wildman–Crippen LogP) is 4.26. The maximum atomic E-state index is 13.4. The van der Waals surface area contributed by atoms with Crippen LogP contribution in [0.3, 0.4) is 0 Å². The highest BCUT2D eigenvalue weighted by Gasteiger charge is 2.29. The van der Waals surface area contributed by atoms with Crippen LogP contribution in [0.4, 0.5) is 0 Å². The minimum Gasteiger partial charge on any atom is -0.508 e. The molecule has 2 N–H and O–H groups in total. The second-order valence-electron chi connectivity index (χ2n) is 8.13. The third-order valence-corrected chi connectivity index (χ3v) is 6.33. The highest BCUT2D eigenvalue weighted by Crippen LogP contribution is 2.21. The van der Waals surface area contributed by atoms with Crippen molar-refractivity contribution in [1.29, 1.82) is 0 Å². The third kappa shape index (κ3) is 9.76. The molecule has 2 rings (SSSR count). The molecule has 2 amide bonds. The van der Waals surface area contributed by atoms with Crippen LogP contribution in [0.2, 0.25) is 0 Å². The van der Waals surface area contributed by atoms with Crippen molar-refractivity contribution in [1.82, 2.24) is 15.2 Å². The molecule has 1 aromatic carbocycles. The van der Waals surface area contributed by atoms with Crippen LogP contribution in [0.25, 0.3) is 6.08 Å². The Balaban J connectivity index is 2.18. The zero-order valence-corrected chi connectivity index (χ0v) is 22.6. The van der Waals surface area contributed by atoms with Crippen molar-refractivity contribution < 1.29 is 24.2 Å². The SMILES string of the molecule is C/C=C/C=C\c1ccc(SCC(=O)N(Cc2ccc(O)cc2)C(CC)C(=O)NCC(=O)OCC)nc1C. The number of carbonyl (C=O) groups excluding carboxylic acids is 3. The first-order valence-corrected chi connectivity index (χ1v) is 13.2. The van der Waals surface area contributed by atoms with E-state index < -0.39 is 17.9 Å². The number of amides is 2. The summed E-state index contributed by atoms with van der Waals surface area (Å²) in [5.74, 6) is -1.02. The number of allylic oxidation sites excluding steroid dienone is 3. The Bertz CT molecular complexity index is 1120. The van der Waals surface area contributed by atoms with Gasteiger partial charge in [-0.2, -0.15) is 0 Å². The number of esters is 1. The molecule has 0 aliphatic rings.